The van der Waals surface area contributed by atoms with Crippen LogP contribution in [0, 0.1) is 5.92 Å². The number of amides is 1. The molecule has 0 saturated heterocycles. The van der Waals surface area contributed by atoms with Crippen molar-refractivity contribution in [3.8, 4) is 0 Å². The van der Waals surface area contributed by atoms with Crippen molar-refractivity contribution in [1.29, 1.82) is 0 Å². The number of hydrogen-bond acceptors (Lipinski definition) is 2. The smallest absolute Gasteiger partial charge is 0.221 e. The zero-order valence-corrected chi connectivity index (χ0v) is 10.5. The van der Waals surface area contributed by atoms with Crippen LogP contribution in [0.1, 0.15) is 33.1 Å². The van der Waals surface area contributed by atoms with Crippen LogP contribution in [0.2, 0.25) is 0 Å². The number of carbonyl (C=O) groups excluding carboxylic acids is 1. The fraction of sp³-hybridized carbons (Fsp3) is 0.500. The van der Waals surface area contributed by atoms with Gasteiger partial charge < -0.3 is 10.6 Å². The van der Waals surface area contributed by atoms with Gasteiger partial charge in [0, 0.05) is 24.3 Å². The van der Waals surface area contributed by atoms with E-state index in [1.165, 1.54) is 26.2 Å². The zero-order chi connectivity index (χ0) is 12.3. The Labute approximate surface area is 103 Å². The van der Waals surface area contributed by atoms with Crippen LogP contribution in [0.5, 0.6) is 0 Å². The Morgan fingerprint density at radius 2 is 1.82 bits per heavy atom. The van der Waals surface area contributed by atoms with E-state index in [4.69, 9.17) is 0 Å². The molecule has 2 unspecified atom stereocenters. The third-order valence-electron chi connectivity index (χ3n) is 3.42. The molecule has 0 heterocycles. The van der Waals surface area contributed by atoms with Crippen molar-refractivity contribution in [2.24, 2.45) is 5.92 Å². The number of benzene rings is 1. The van der Waals surface area contributed by atoms with E-state index in [1.54, 1.807) is 0 Å². The molecular formula is C14H20N2O. The van der Waals surface area contributed by atoms with Gasteiger partial charge in [0.15, 0.2) is 0 Å². The quantitative estimate of drug-likeness (QED) is 0.840. The first-order valence-electron chi connectivity index (χ1n) is 6.29. The normalized spacial score (nSPS) is 23.4. The second-order valence-electron chi connectivity index (χ2n) is 4.92. The second kappa shape index (κ2) is 5.21. The van der Waals surface area contributed by atoms with Gasteiger partial charge in [0.1, 0.15) is 0 Å². The summed E-state index contributed by atoms with van der Waals surface area (Å²) in [6.45, 7) is 3.82. The summed E-state index contributed by atoms with van der Waals surface area (Å²) in [6, 6.07) is 8.51. The molecule has 2 atom stereocenters. The van der Waals surface area contributed by atoms with Gasteiger partial charge in [-0.15, -0.1) is 0 Å². The van der Waals surface area contributed by atoms with Gasteiger partial charge >= 0.3 is 0 Å². The maximum Gasteiger partial charge on any atom is 0.221 e. The molecule has 0 radical (unpaired) electrons. The molecule has 17 heavy (non-hydrogen) atoms. The van der Waals surface area contributed by atoms with Crippen molar-refractivity contribution in [3.05, 3.63) is 24.3 Å². The first-order chi connectivity index (χ1) is 8.15. The number of nitrogens with one attached hydrogen (secondary N) is 2. The molecule has 1 aromatic rings. The lowest BCUT2D eigenvalue weighted by atomic mass is 10.1. The average molecular weight is 232 g/mol. The summed E-state index contributed by atoms with van der Waals surface area (Å²) >= 11 is 0. The fourth-order valence-electron chi connectivity index (χ4n) is 2.43. The Balaban J connectivity index is 1.95. The Morgan fingerprint density at radius 3 is 2.35 bits per heavy atom. The van der Waals surface area contributed by atoms with Crippen LogP contribution in [0.25, 0.3) is 0 Å². The van der Waals surface area contributed by atoms with Gasteiger partial charge in [-0.3, -0.25) is 4.79 Å². The van der Waals surface area contributed by atoms with E-state index in [1.807, 2.05) is 24.3 Å². The molecular weight excluding hydrogens is 212 g/mol. The summed E-state index contributed by atoms with van der Waals surface area (Å²) in [6.07, 6.45) is 3.90. The van der Waals surface area contributed by atoms with Crippen molar-refractivity contribution in [1.82, 2.24) is 0 Å². The topological polar surface area (TPSA) is 41.1 Å². The van der Waals surface area contributed by atoms with Crippen LogP contribution < -0.4 is 10.6 Å². The summed E-state index contributed by atoms with van der Waals surface area (Å²) < 4.78 is 0. The highest BCUT2D eigenvalue weighted by Gasteiger charge is 2.22. The standard InChI is InChI=1S/C14H20N2O/c1-10-4-3-5-14(10)16-13-8-6-12(7-9-13)15-11(2)17/h6-10,14,16H,3-5H2,1-2H3,(H,15,17). The summed E-state index contributed by atoms with van der Waals surface area (Å²) in [5, 5.41) is 6.33. The van der Waals surface area contributed by atoms with Crippen LogP contribution in [0.3, 0.4) is 0 Å². The maximum absolute atomic E-state index is 10.9. The van der Waals surface area contributed by atoms with E-state index < -0.39 is 0 Å². The molecule has 0 bridgehead atoms. The first-order valence-corrected chi connectivity index (χ1v) is 6.29. The monoisotopic (exact) mass is 232 g/mol. The molecule has 1 aromatic carbocycles. The molecule has 3 nitrogen and oxygen atoms in total. The minimum absolute atomic E-state index is 0.0323. The third kappa shape index (κ3) is 3.22. The fourth-order valence-corrected chi connectivity index (χ4v) is 2.43. The summed E-state index contributed by atoms with van der Waals surface area (Å²) in [4.78, 5) is 10.9. The third-order valence-corrected chi connectivity index (χ3v) is 3.42. The van der Waals surface area contributed by atoms with Gasteiger partial charge in [-0.1, -0.05) is 13.3 Å². The van der Waals surface area contributed by atoms with Gasteiger partial charge in [0.2, 0.25) is 5.91 Å². The van der Waals surface area contributed by atoms with Crippen LogP contribution >= 0.6 is 0 Å². The molecule has 1 amide bonds. The van der Waals surface area contributed by atoms with Crippen molar-refractivity contribution in [2.45, 2.75) is 39.2 Å². The van der Waals surface area contributed by atoms with Crippen LogP contribution in [0.15, 0.2) is 24.3 Å². The number of carbonyl (C=O) groups is 1. The van der Waals surface area contributed by atoms with E-state index in [-0.39, 0.29) is 5.91 Å². The minimum atomic E-state index is -0.0323. The number of hydrogen-bond donors (Lipinski definition) is 2. The second-order valence-corrected chi connectivity index (χ2v) is 4.92. The highest BCUT2D eigenvalue weighted by Crippen LogP contribution is 2.28. The average Bonchev–Trinajstić information content (AvgIpc) is 2.67. The van der Waals surface area contributed by atoms with E-state index in [0.29, 0.717) is 6.04 Å². The molecule has 0 aliphatic heterocycles. The summed E-state index contributed by atoms with van der Waals surface area (Å²) in [5.74, 6) is 0.722. The lowest BCUT2D eigenvalue weighted by Crippen LogP contribution is -2.21. The van der Waals surface area contributed by atoms with Crippen molar-refractivity contribution >= 4 is 17.3 Å². The predicted molar refractivity (Wildman–Crippen MR) is 71.2 cm³/mol. The van der Waals surface area contributed by atoms with Crippen molar-refractivity contribution < 1.29 is 4.79 Å². The minimum Gasteiger partial charge on any atom is -0.382 e. The molecule has 1 aliphatic carbocycles. The Hall–Kier alpha value is -1.51. The molecule has 1 fully saturated rings. The molecule has 1 saturated carbocycles. The Morgan fingerprint density at radius 1 is 1.18 bits per heavy atom. The molecule has 0 spiro atoms. The van der Waals surface area contributed by atoms with E-state index in [9.17, 15) is 4.79 Å². The van der Waals surface area contributed by atoms with Gasteiger partial charge in [-0.25, -0.2) is 0 Å². The number of anilines is 2. The number of rotatable bonds is 3. The van der Waals surface area contributed by atoms with Gasteiger partial charge in [0.25, 0.3) is 0 Å². The Kier molecular flexibility index (Phi) is 3.67. The first kappa shape index (κ1) is 12.0. The Bertz CT molecular complexity index is 386. The molecule has 2 rings (SSSR count). The molecule has 0 aromatic heterocycles. The SMILES string of the molecule is CC(=O)Nc1ccc(NC2CCCC2C)cc1. The van der Waals surface area contributed by atoms with Crippen LogP contribution in [-0.2, 0) is 4.79 Å². The molecule has 3 heteroatoms. The van der Waals surface area contributed by atoms with Gasteiger partial charge in [0.05, 0.1) is 0 Å². The maximum atomic E-state index is 10.9. The van der Waals surface area contributed by atoms with Crippen molar-refractivity contribution in [3.63, 3.8) is 0 Å². The van der Waals surface area contributed by atoms with Gasteiger partial charge in [-0.05, 0) is 43.0 Å². The van der Waals surface area contributed by atoms with E-state index >= 15 is 0 Å². The molecule has 92 valence electrons. The molecule has 2 N–H and O–H groups in total. The van der Waals surface area contributed by atoms with E-state index in [0.717, 1.165) is 17.3 Å². The summed E-state index contributed by atoms with van der Waals surface area (Å²) in [5.41, 5.74) is 1.99. The van der Waals surface area contributed by atoms with Crippen molar-refractivity contribution in [2.75, 3.05) is 10.6 Å². The van der Waals surface area contributed by atoms with Gasteiger partial charge in [-0.2, -0.15) is 0 Å². The highest BCUT2D eigenvalue weighted by atomic mass is 16.1. The largest absolute Gasteiger partial charge is 0.382 e. The van der Waals surface area contributed by atoms with E-state index in [2.05, 4.69) is 17.6 Å². The highest BCUT2D eigenvalue weighted by molar-refractivity contribution is 5.88. The van der Waals surface area contributed by atoms with Crippen LogP contribution in [0.4, 0.5) is 11.4 Å². The lowest BCUT2D eigenvalue weighted by molar-refractivity contribution is -0.114. The molecule has 1 aliphatic rings. The predicted octanol–water partition coefficient (Wildman–Crippen LogP) is 3.25. The lowest BCUT2D eigenvalue weighted by Gasteiger charge is -2.18. The van der Waals surface area contributed by atoms with Crippen LogP contribution in [-0.4, -0.2) is 11.9 Å². The summed E-state index contributed by atoms with van der Waals surface area (Å²) in [7, 11) is 0. The zero-order valence-electron chi connectivity index (χ0n) is 10.5.